The number of fused-ring (bicyclic) bond motifs is 1. The van der Waals surface area contributed by atoms with E-state index in [0.717, 1.165) is 12.1 Å². The highest BCUT2D eigenvalue weighted by Crippen LogP contribution is 2.35. The van der Waals surface area contributed by atoms with Gasteiger partial charge in [-0.1, -0.05) is 29.8 Å². The Hall–Kier alpha value is -3.20. The molecule has 1 N–H and O–H groups in total. The molecule has 10 heteroatoms. The molecule has 0 unspecified atom stereocenters. The van der Waals surface area contributed by atoms with Gasteiger partial charge in [-0.25, -0.2) is 9.79 Å². The fourth-order valence-electron chi connectivity index (χ4n) is 2.70. The van der Waals surface area contributed by atoms with E-state index in [2.05, 4.69) is 25.2 Å². The van der Waals surface area contributed by atoms with Crippen LogP contribution in [-0.4, -0.2) is 36.9 Å². The molecule has 0 fully saturated rings. The van der Waals surface area contributed by atoms with Gasteiger partial charge in [-0.15, -0.1) is 0 Å². The van der Waals surface area contributed by atoms with Crippen molar-refractivity contribution in [2.45, 2.75) is 13.1 Å². The number of hydrogen-bond acceptors (Lipinski definition) is 6. The minimum atomic E-state index is -4.53. The number of carbonyl (C=O) groups is 1. The van der Waals surface area contributed by atoms with Crippen molar-refractivity contribution in [3.05, 3.63) is 64.2 Å². The molecular weight excluding hydrogens is 421 g/mol. The van der Waals surface area contributed by atoms with Crippen LogP contribution < -0.4 is 5.43 Å². The predicted molar refractivity (Wildman–Crippen MR) is 109 cm³/mol. The third-order valence-electron chi connectivity index (χ3n) is 4.18. The third kappa shape index (κ3) is 4.68. The first kappa shape index (κ1) is 21.5. The summed E-state index contributed by atoms with van der Waals surface area (Å²) in [5, 5.41) is 4.23. The van der Waals surface area contributed by atoms with E-state index in [9.17, 15) is 18.0 Å². The average molecular weight is 437 g/mol. The maximum atomic E-state index is 13.3. The van der Waals surface area contributed by atoms with Crippen molar-refractivity contribution in [1.29, 1.82) is 0 Å². The predicted octanol–water partition coefficient (Wildman–Crippen LogP) is 4.38. The molecule has 0 aromatic heterocycles. The lowest BCUT2D eigenvalue weighted by atomic mass is 9.98. The Morgan fingerprint density at radius 1 is 1.20 bits per heavy atom. The van der Waals surface area contributed by atoms with Gasteiger partial charge in [0.25, 0.3) is 0 Å². The zero-order valence-corrected chi connectivity index (χ0v) is 16.7. The van der Waals surface area contributed by atoms with E-state index in [1.807, 2.05) is 0 Å². The van der Waals surface area contributed by atoms with Crippen molar-refractivity contribution in [3.8, 4) is 0 Å². The normalized spacial score (nSPS) is 14.3. The van der Waals surface area contributed by atoms with Crippen LogP contribution in [-0.2, 0) is 15.7 Å². The smallest absolute Gasteiger partial charge is 0.416 e. The lowest BCUT2D eigenvalue weighted by Crippen LogP contribution is -2.24. The molecule has 0 saturated carbocycles. The SMILES string of the molecule is COC(=O)/C(C)=N\NC1=Nc2ccc(C(F)(F)F)cc2C(c2ccccc2Cl)=NC1. The summed E-state index contributed by atoms with van der Waals surface area (Å²) in [5.74, 6) is -0.395. The number of alkyl halides is 3. The number of nitrogens with zero attached hydrogens (tertiary/aromatic N) is 3. The van der Waals surface area contributed by atoms with Gasteiger partial charge in [-0.2, -0.15) is 18.3 Å². The Balaban J connectivity index is 2.10. The summed E-state index contributed by atoms with van der Waals surface area (Å²) < 4.78 is 44.4. The molecule has 30 heavy (non-hydrogen) atoms. The summed E-state index contributed by atoms with van der Waals surface area (Å²) in [7, 11) is 1.22. The number of nitrogens with one attached hydrogen (secondary N) is 1. The summed E-state index contributed by atoms with van der Waals surface area (Å²) in [4.78, 5) is 20.3. The van der Waals surface area contributed by atoms with Crippen LogP contribution in [0, 0.1) is 0 Å². The maximum Gasteiger partial charge on any atom is 0.416 e. The number of hydrogen-bond donors (Lipinski definition) is 1. The molecular formula is C20H16ClF3N4O2. The first-order valence-electron chi connectivity index (χ1n) is 8.68. The number of esters is 1. The number of aliphatic imine (C=N–C) groups is 2. The molecule has 2 aromatic carbocycles. The highest BCUT2D eigenvalue weighted by atomic mass is 35.5. The molecule has 156 valence electrons. The summed E-state index contributed by atoms with van der Waals surface area (Å²) >= 11 is 6.27. The van der Waals surface area contributed by atoms with Crippen molar-refractivity contribution >= 4 is 40.5 Å². The van der Waals surface area contributed by atoms with Gasteiger partial charge >= 0.3 is 12.1 Å². The Morgan fingerprint density at radius 3 is 2.60 bits per heavy atom. The second-order valence-corrected chi connectivity index (χ2v) is 6.64. The minimum Gasteiger partial charge on any atom is -0.464 e. The number of halogens is 4. The van der Waals surface area contributed by atoms with Crippen LogP contribution >= 0.6 is 11.6 Å². The van der Waals surface area contributed by atoms with Gasteiger partial charge in [-0.3, -0.25) is 10.4 Å². The Morgan fingerprint density at radius 2 is 1.93 bits per heavy atom. The Bertz CT molecular complexity index is 1080. The van der Waals surface area contributed by atoms with Crippen molar-refractivity contribution in [1.82, 2.24) is 5.43 Å². The first-order valence-corrected chi connectivity index (χ1v) is 9.05. The van der Waals surface area contributed by atoms with Gasteiger partial charge in [0, 0.05) is 16.1 Å². The quantitative estimate of drug-likeness (QED) is 0.441. The van der Waals surface area contributed by atoms with Crippen molar-refractivity contribution in [3.63, 3.8) is 0 Å². The Kier molecular flexibility index (Phi) is 6.21. The van der Waals surface area contributed by atoms with E-state index < -0.39 is 17.7 Å². The van der Waals surface area contributed by atoms with Gasteiger partial charge in [0.05, 0.1) is 30.6 Å². The van der Waals surface area contributed by atoms with E-state index >= 15 is 0 Å². The monoisotopic (exact) mass is 436 g/mol. The number of carbonyl (C=O) groups excluding carboxylic acids is 1. The molecule has 6 nitrogen and oxygen atoms in total. The fraction of sp³-hybridized carbons (Fsp3) is 0.200. The molecule has 1 heterocycles. The lowest BCUT2D eigenvalue weighted by molar-refractivity contribution is -0.137. The standard InChI is InChI=1S/C20H16ClF3N4O2/c1-11(19(29)30-2)27-28-17-10-25-18(13-5-3-4-6-15(13)21)14-9-12(20(22,23)24)7-8-16(14)26-17/h3-9H,10H2,1-2H3,(H,26,28)/b27-11-. The van der Waals surface area contributed by atoms with Crippen LogP contribution in [0.4, 0.5) is 18.9 Å². The van der Waals surface area contributed by atoms with Crippen LogP contribution in [0.2, 0.25) is 5.02 Å². The molecule has 1 aliphatic heterocycles. The van der Waals surface area contributed by atoms with Crippen LogP contribution in [0.1, 0.15) is 23.6 Å². The zero-order valence-electron chi connectivity index (χ0n) is 15.9. The largest absolute Gasteiger partial charge is 0.464 e. The van der Waals surface area contributed by atoms with Crippen molar-refractivity contribution in [2.75, 3.05) is 13.7 Å². The Labute approximate surface area is 175 Å². The van der Waals surface area contributed by atoms with Crippen LogP contribution in [0.3, 0.4) is 0 Å². The number of ether oxygens (including phenoxy) is 1. The highest BCUT2D eigenvalue weighted by molar-refractivity contribution is 6.36. The van der Waals surface area contributed by atoms with E-state index in [-0.39, 0.29) is 35.1 Å². The van der Waals surface area contributed by atoms with E-state index in [1.165, 1.54) is 20.1 Å². The maximum absolute atomic E-state index is 13.3. The molecule has 0 atom stereocenters. The number of benzene rings is 2. The molecule has 0 saturated heterocycles. The van der Waals surface area contributed by atoms with Gasteiger partial charge in [0.1, 0.15) is 11.5 Å². The van der Waals surface area contributed by atoms with Crippen molar-refractivity contribution in [2.24, 2.45) is 15.1 Å². The molecule has 0 bridgehead atoms. The second-order valence-electron chi connectivity index (χ2n) is 6.23. The second kappa shape index (κ2) is 8.66. The minimum absolute atomic E-state index is 0.0193. The number of rotatable bonds is 3. The summed E-state index contributed by atoms with van der Waals surface area (Å²) in [6, 6.07) is 9.92. The van der Waals surface area contributed by atoms with Gasteiger partial charge in [0.15, 0.2) is 0 Å². The molecule has 3 rings (SSSR count). The van der Waals surface area contributed by atoms with E-state index in [1.54, 1.807) is 24.3 Å². The van der Waals surface area contributed by atoms with Crippen LogP contribution in [0.15, 0.2) is 57.6 Å². The number of hydrazone groups is 1. The summed E-state index contributed by atoms with van der Waals surface area (Å²) in [5.41, 5.74) is 3.04. The van der Waals surface area contributed by atoms with Gasteiger partial charge in [-0.05, 0) is 31.2 Å². The van der Waals surface area contributed by atoms with Crippen LogP contribution in [0.5, 0.6) is 0 Å². The number of methoxy groups -OCH3 is 1. The summed E-state index contributed by atoms with van der Waals surface area (Å²) in [6.45, 7) is 1.42. The van der Waals surface area contributed by atoms with E-state index in [4.69, 9.17) is 11.6 Å². The topological polar surface area (TPSA) is 75.4 Å². The van der Waals surface area contributed by atoms with Gasteiger partial charge in [0.2, 0.25) is 0 Å². The van der Waals surface area contributed by atoms with Gasteiger partial charge < -0.3 is 4.74 Å². The van der Waals surface area contributed by atoms with E-state index in [0.29, 0.717) is 10.6 Å². The molecule has 0 spiro atoms. The number of amidine groups is 1. The summed E-state index contributed by atoms with van der Waals surface area (Å²) in [6.07, 6.45) is -4.53. The first-order chi connectivity index (χ1) is 14.2. The van der Waals surface area contributed by atoms with Crippen molar-refractivity contribution < 1.29 is 22.7 Å². The zero-order chi connectivity index (χ0) is 21.9. The van der Waals surface area contributed by atoms with Crippen LogP contribution in [0.25, 0.3) is 0 Å². The molecule has 0 radical (unpaired) electrons. The molecule has 0 amide bonds. The molecule has 2 aromatic rings. The highest BCUT2D eigenvalue weighted by Gasteiger charge is 2.32. The third-order valence-corrected chi connectivity index (χ3v) is 4.51. The molecule has 1 aliphatic rings. The average Bonchev–Trinajstić information content (AvgIpc) is 2.89. The fourth-order valence-corrected chi connectivity index (χ4v) is 2.93. The lowest BCUT2D eigenvalue weighted by Gasteiger charge is -2.13. The molecule has 0 aliphatic carbocycles.